The van der Waals surface area contributed by atoms with E-state index >= 15 is 0 Å². The van der Waals surface area contributed by atoms with Crippen molar-refractivity contribution in [3.05, 3.63) is 47.6 Å². The van der Waals surface area contributed by atoms with Crippen molar-refractivity contribution in [3.8, 4) is 0 Å². The number of halogens is 1. The highest BCUT2D eigenvalue weighted by Gasteiger charge is 2.18. The smallest absolute Gasteiger partial charge is 0.212 e. The molecule has 0 bridgehead atoms. The number of hydrogen-bond acceptors (Lipinski definition) is 4. The second kappa shape index (κ2) is 9.62. The molecule has 0 amide bonds. The number of aromatic nitrogens is 3. The fourth-order valence-electron chi connectivity index (χ4n) is 3.30. The highest BCUT2D eigenvalue weighted by atomic mass is 35.5. The summed E-state index contributed by atoms with van der Waals surface area (Å²) in [7, 11) is 0. The summed E-state index contributed by atoms with van der Waals surface area (Å²) in [5.41, 5.74) is 0.826. The molecule has 0 unspecified atom stereocenters. The third kappa shape index (κ3) is 5.89. The van der Waals surface area contributed by atoms with Gasteiger partial charge in [-0.2, -0.15) is 9.97 Å². The second-order valence-electron chi connectivity index (χ2n) is 6.62. The highest BCUT2D eigenvalue weighted by Crippen LogP contribution is 2.29. The average Bonchev–Trinajstić information content (AvgIpc) is 2.70. The van der Waals surface area contributed by atoms with Crippen molar-refractivity contribution in [2.45, 2.75) is 63.7 Å². The van der Waals surface area contributed by atoms with Crippen LogP contribution in [0.4, 0.5) is 5.95 Å². The third-order valence-electron chi connectivity index (χ3n) is 4.64. The molecule has 4 nitrogen and oxygen atoms in total. The summed E-state index contributed by atoms with van der Waals surface area (Å²) in [6.45, 7) is 0. The van der Waals surface area contributed by atoms with Crippen LogP contribution >= 0.6 is 11.6 Å². The lowest BCUT2D eigenvalue weighted by Gasteiger charge is -2.14. The van der Waals surface area contributed by atoms with Crippen LogP contribution in [0.25, 0.3) is 0 Å². The Bertz CT molecular complexity index is 681. The summed E-state index contributed by atoms with van der Waals surface area (Å²) in [6, 6.07) is 0. The standard InChI is InChI=1S/C20H25ClN4/c21-19-23-18(16-12-8-4-1-2-5-9-13-16)24-20(25-19)22-17-14-10-6-3-7-11-15-17/h3,6,10-11,14-16H,1-2,4-5,7-9,12-13H2/b6-3-,14-10?,15-11-,22-17?. The van der Waals surface area contributed by atoms with Crippen LogP contribution in [0.3, 0.4) is 0 Å². The molecule has 25 heavy (non-hydrogen) atoms. The summed E-state index contributed by atoms with van der Waals surface area (Å²) in [4.78, 5) is 17.8. The first kappa shape index (κ1) is 18.0. The zero-order valence-corrected chi connectivity index (χ0v) is 15.3. The van der Waals surface area contributed by atoms with Gasteiger partial charge in [0, 0.05) is 5.92 Å². The maximum absolute atomic E-state index is 6.17. The van der Waals surface area contributed by atoms with Crippen molar-refractivity contribution in [2.24, 2.45) is 4.99 Å². The summed E-state index contributed by atoms with van der Waals surface area (Å²) in [5.74, 6) is 1.58. The molecule has 5 heteroatoms. The normalized spacial score (nSPS) is 24.0. The molecule has 132 valence electrons. The SMILES string of the molecule is Clc1nc(N=C2C=C/C=C\C/C=C\2)nc(C2CCCCCCCC2)n1. The molecule has 1 aromatic heterocycles. The van der Waals surface area contributed by atoms with Crippen molar-refractivity contribution in [1.29, 1.82) is 0 Å². The molecule has 3 rings (SSSR count). The number of rotatable bonds is 2. The van der Waals surface area contributed by atoms with E-state index in [1.54, 1.807) is 0 Å². The van der Waals surface area contributed by atoms with E-state index in [0.29, 0.717) is 11.9 Å². The van der Waals surface area contributed by atoms with E-state index in [9.17, 15) is 0 Å². The third-order valence-corrected chi connectivity index (χ3v) is 4.81. The molecule has 1 heterocycles. The maximum Gasteiger partial charge on any atom is 0.254 e. The average molecular weight is 357 g/mol. The van der Waals surface area contributed by atoms with Crippen molar-refractivity contribution in [3.63, 3.8) is 0 Å². The Hall–Kier alpha value is -1.81. The van der Waals surface area contributed by atoms with Crippen LogP contribution in [-0.2, 0) is 0 Å². The lowest BCUT2D eigenvalue weighted by Crippen LogP contribution is -2.06. The van der Waals surface area contributed by atoms with Crippen LogP contribution in [0.15, 0.2) is 41.4 Å². The Balaban J connectivity index is 1.84. The van der Waals surface area contributed by atoms with E-state index in [1.807, 2.05) is 24.3 Å². The first-order valence-electron chi connectivity index (χ1n) is 9.31. The van der Waals surface area contributed by atoms with Gasteiger partial charge in [-0.3, -0.25) is 0 Å². The molecule has 0 aromatic carbocycles. The molecule has 2 aliphatic rings. The Morgan fingerprint density at radius 1 is 0.840 bits per heavy atom. The van der Waals surface area contributed by atoms with Gasteiger partial charge in [-0.15, -0.1) is 0 Å². The first-order valence-corrected chi connectivity index (χ1v) is 9.69. The monoisotopic (exact) mass is 356 g/mol. The fourth-order valence-corrected chi connectivity index (χ4v) is 3.46. The lowest BCUT2D eigenvalue weighted by molar-refractivity contribution is 0.514. The lowest BCUT2D eigenvalue weighted by atomic mass is 9.96. The summed E-state index contributed by atoms with van der Waals surface area (Å²) in [6.07, 6.45) is 23.0. The summed E-state index contributed by atoms with van der Waals surface area (Å²) in [5, 5.41) is 0.239. The Morgan fingerprint density at radius 3 is 2.40 bits per heavy atom. The number of aliphatic imine (C=N–C) groups is 1. The fraction of sp³-hybridized carbons (Fsp3) is 0.500. The van der Waals surface area contributed by atoms with Gasteiger partial charge in [0.1, 0.15) is 5.82 Å². The minimum atomic E-state index is 0.239. The predicted octanol–water partition coefficient (Wildman–Crippen LogP) is 5.89. The highest BCUT2D eigenvalue weighted by molar-refractivity contribution is 6.28. The molecule has 1 fully saturated rings. The van der Waals surface area contributed by atoms with Crippen molar-refractivity contribution in [1.82, 2.24) is 15.0 Å². The minimum absolute atomic E-state index is 0.239. The van der Waals surface area contributed by atoms with Gasteiger partial charge in [-0.25, -0.2) is 9.98 Å². The molecule has 1 aromatic rings. The van der Waals surface area contributed by atoms with Crippen LogP contribution in [0, 0.1) is 0 Å². The van der Waals surface area contributed by atoms with Gasteiger partial charge < -0.3 is 0 Å². The Morgan fingerprint density at radius 2 is 1.60 bits per heavy atom. The molecule has 0 radical (unpaired) electrons. The zero-order valence-electron chi connectivity index (χ0n) is 14.6. The van der Waals surface area contributed by atoms with Crippen molar-refractivity contribution >= 4 is 23.3 Å². The van der Waals surface area contributed by atoms with Crippen LogP contribution in [-0.4, -0.2) is 20.7 Å². The van der Waals surface area contributed by atoms with Crippen LogP contribution in [0.2, 0.25) is 5.28 Å². The maximum atomic E-state index is 6.17. The zero-order chi connectivity index (χ0) is 17.3. The van der Waals surface area contributed by atoms with Crippen LogP contribution in [0.5, 0.6) is 0 Å². The second-order valence-corrected chi connectivity index (χ2v) is 6.96. The molecule has 0 N–H and O–H groups in total. The summed E-state index contributed by atoms with van der Waals surface area (Å²) < 4.78 is 0. The van der Waals surface area contributed by atoms with E-state index in [1.165, 1.54) is 38.5 Å². The molecule has 0 aliphatic heterocycles. The number of hydrogen-bond donors (Lipinski definition) is 0. The number of nitrogens with zero attached hydrogens (tertiary/aromatic N) is 4. The van der Waals surface area contributed by atoms with Gasteiger partial charge in [0.15, 0.2) is 0 Å². The largest absolute Gasteiger partial charge is 0.254 e. The predicted molar refractivity (Wildman–Crippen MR) is 104 cm³/mol. The minimum Gasteiger partial charge on any atom is -0.212 e. The van der Waals surface area contributed by atoms with E-state index < -0.39 is 0 Å². The molecular weight excluding hydrogens is 332 g/mol. The van der Waals surface area contributed by atoms with Gasteiger partial charge in [0.25, 0.3) is 5.95 Å². The Labute approximate surface area is 154 Å². The van der Waals surface area contributed by atoms with E-state index in [2.05, 4.69) is 32.1 Å². The molecule has 2 aliphatic carbocycles. The molecule has 0 atom stereocenters. The van der Waals surface area contributed by atoms with Crippen LogP contribution < -0.4 is 0 Å². The van der Waals surface area contributed by atoms with Gasteiger partial charge in [-0.05, 0) is 43.0 Å². The molecule has 1 saturated carbocycles. The van der Waals surface area contributed by atoms with E-state index in [0.717, 1.165) is 30.8 Å². The Kier molecular flexibility index (Phi) is 6.92. The van der Waals surface area contributed by atoms with Gasteiger partial charge in [-0.1, -0.05) is 62.8 Å². The quantitative estimate of drug-likeness (QED) is 0.664. The van der Waals surface area contributed by atoms with E-state index in [-0.39, 0.29) is 5.28 Å². The van der Waals surface area contributed by atoms with Gasteiger partial charge >= 0.3 is 0 Å². The van der Waals surface area contributed by atoms with Crippen molar-refractivity contribution < 1.29 is 0 Å². The molecular formula is C20H25ClN4. The molecule has 0 spiro atoms. The van der Waals surface area contributed by atoms with Gasteiger partial charge in [0.05, 0.1) is 5.71 Å². The van der Waals surface area contributed by atoms with E-state index in [4.69, 9.17) is 11.6 Å². The summed E-state index contributed by atoms with van der Waals surface area (Å²) >= 11 is 6.17. The number of allylic oxidation sites excluding steroid dienone is 6. The van der Waals surface area contributed by atoms with Gasteiger partial charge in [0.2, 0.25) is 5.28 Å². The molecule has 0 saturated heterocycles. The van der Waals surface area contributed by atoms with Crippen LogP contribution in [0.1, 0.15) is 69.5 Å². The first-order chi connectivity index (χ1) is 12.3. The topological polar surface area (TPSA) is 51.0 Å². The van der Waals surface area contributed by atoms with Crippen molar-refractivity contribution in [2.75, 3.05) is 0 Å².